The molecule has 0 fully saturated rings. The Morgan fingerprint density at radius 1 is 1.21 bits per heavy atom. The molecule has 0 radical (unpaired) electrons. The van der Waals surface area contributed by atoms with Crippen LogP contribution in [0.2, 0.25) is 0 Å². The lowest BCUT2D eigenvalue weighted by molar-refractivity contribution is 0.102. The number of aromatic nitrogens is 2. The maximum Gasteiger partial charge on any atom is 0.257 e. The molecule has 0 bridgehead atoms. The first-order valence-corrected chi connectivity index (χ1v) is 10.2. The molecule has 3 rings (SSSR count). The van der Waals surface area contributed by atoms with Gasteiger partial charge in [-0.25, -0.2) is 0 Å². The molecule has 0 aliphatic heterocycles. The third kappa shape index (κ3) is 4.43. The summed E-state index contributed by atoms with van der Waals surface area (Å²) in [5.41, 5.74) is 1.84. The lowest BCUT2D eigenvalue weighted by Crippen LogP contribution is -2.11. The number of amides is 1. The molecule has 1 N–H and O–H groups in total. The fourth-order valence-corrected chi connectivity index (χ4v) is 4.56. The van der Waals surface area contributed by atoms with Crippen LogP contribution in [0.3, 0.4) is 0 Å². The summed E-state index contributed by atoms with van der Waals surface area (Å²) in [5, 5.41) is 13.6. The Balaban J connectivity index is 1.58. The number of hydrogen-bond donors (Lipinski definition) is 1. The van der Waals surface area contributed by atoms with Gasteiger partial charge in [0.1, 0.15) is 0 Å². The minimum atomic E-state index is -0.156. The van der Waals surface area contributed by atoms with E-state index >= 15 is 0 Å². The van der Waals surface area contributed by atoms with Crippen LogP contribution in [0.1, 0.15) is 40.6 Å². The summed E-state index contributed by atoms with van der Waals surface area (Å²) < 4.78 is 0.855. The van der Waals surface area contributed by atoms with E-state index in [9.17, 15) is 4.79 Å². The van der Waals surface area contributed by atoms with Crippen molar-refractivity contribution in [2.45, 2.75) is 29.9 Å². The van der Waals surface area contributed by atoms with Gasteiger partial charge in [-0.2, -0.15) is 0 Å². The standard InChI is InChI=1S/C17H17N3OS3/c1-11(2)12-5-7-13(8-6-12)15(21)18-16-19-20-17(24-16)23-10-14-4-3-9-22-14/h3-9,11H,10H2,1-2H3,(H,18,19,21). The zero-order valence-corrected chi connectivity index (χ0v) is 15.8. The van der Waals surface area contributed by atoms with E-state index in [0.717, 1.165) is 10.1 Å². The van der Waals surface area contributed by atoms with Gasteiger partial charge < -0.3 is 0 Å². The molecule has 124 valence electrons. The summed E-state index contributed by atoms with van der Waals surface area (Å²) in [6.07, 6.45) is 0. The zero-order chi connectivity index (χ0) is 16.9. The number of nitrogens with one attached hydrogen (secondary N) is 1. The molecule has 24 heavy (non-hydrogen) atoms. The SMILES string of the molecule is CC(C)c1ccc(C(=O)Nc2nnc(SCc3cccs3)s2)cc1. The second-order valence-electron chi connectivity index (χ2n) is 5.47. The van der Waals surface area contributed by atoms with Crippen LogP contribution < -0.4 is 5.32 Å². The first-order valence-electron chi connectivity index (χ1n) is 7.52. The number of rotatable bonds is 6. The van der Waals surface area contributed by atoms with E-state index in [1.54, 1.807) is 23.1 Å². The maximum atomic E-state index is 12.3. The van der Waals surface area contributed by atoms with Crippen LogP contribution in [0, 0.1) is 0 Å². The number of nitrogens with zero attached hydrogens (tertiary/aromatic N) is 2. The summed E-state index contributed by atoms with van der Waals surface area (Å²) in [7, 11) is 0. The molecule has 2 aromatic heterocycles. The normalized spacial score (nSPS) is 11.0. The number of benzene rings is 1. The number of carbonyl (C=O) groups excluding carboxylic acids is 1. The number of thiophene rings is 1. The molecule has 0 unspecified atom stereocenters. The Bertz CT molecular complexity index is 795. The Morgan fingerprint density at radius 3 is 2.67 bits per heavy atom. The lowest BCUT2D eigenvalue weighted by atomic mass is 10.0. The van der Waals surface area contributed by atoms with E-state index < -0.39 is 0 Å². The van der Waals surface area contributed by atoms with Gasteiger partial charge in [-0.3, -0.25) is 10.1 Å². The first kappa shape index (κ1) is 17.1. The molecule has 7 heteroatoms. The topological polar surface area (TPSA) is 54.9 Å². The minimum Gasteiger partial charge on any atom is -0.296 e. The summed E-state index contributed by atoms with van der Waals surface area (Å²) in [6.45, 7) is 4.26. The van der Waals surface area contributed by atoms with Crippen LogP contribution >= 0.6 is 34.4 Å². The van der Waals surface area contributed by atoms with Crippen molar-refractivity contribution < 1.29 is 4.79 Å². The second kappa shape index (κ2) is 7.92. The average molecular weight is 376 g/mol. The van der Waals surface area contributed by atoms with Gasteiger partial charge in [0, 0.05) is 16.2 Å². The van der Waals surface area contributed by atoms with Crippen molar-refractivity contribution in [3.05, 3.63) is 57.8 Å². The molecule has 1 amide bonds. The van der Waals surface area contributed by atoms with Crippen molar-refractivity contribution in [3.63, 3.8) is 0 Å². The smallest absolute Gasteiger partial charge is 0.257 e. The van der Waals surface area contributed by atoms with Crippen LogP contribution in [-0.4, -0.2) is 16.1 Å². The molecule has 0 aliphatic rings. The minimum absolute atomic E-state index is 0.156. The first-order chi connectivity index (χ1) is 11.6. The van der Waals surface area contributed by atoms with E-state index in [4.69, 9.17) is 0 Å². The largest absolute Gasteiger partial charge is 0.296 e. The molecule has 4 nitrogen and oxygen atoms in total. The predicted octanol–water partition coefficient (Wildman–Crippen LogP) is 5.27. The van der Waals surface area contributed by atoms with Gasteiger partial charge in [0.05, 0.1) is 0 Å². The Morgan fingerprint density at radius 2 is 2.00 bits per heavy atom. The second-order valence-corrected chi connectivity index (χ2v) is 8.70. The van der Waals surface area contributed by atoms with Crippen LogP contribution in [0.25, 0.3) is 0 Å². The zero-order valence-electron chi connectivity index (χ0n) is 13.4. The van der Waals surface area contributed by atoms with Gasteiger partial charge in [-0.05, 0) is 35.1 Å². The van der Waals surface area contributed by atoms with Crippen LogP contribution in [-0.2, 0) is 5.75 Å². The van der Waals surface area contributed by atoms with Gasteiger partial charge in [0.25, 0.3) is 5.91 Å². The molecular weight excluding hydrogens is 358 g/mol. The average Bonchev–Trinajstić information content (AvgIpc) is 3.24. The third-order valence-corrected chi connectivity index (χ3v) is 6.46. The molecule has 0 atom stereocenters. The van der Waals surface area contributed by atoms with E-state index in [-0.39, 0.29) is 5.91 Å². The fraction of sp³-hybridized carbons (Fsp3) is 0.235. The summed E-state index contributed by atoms with van der Waals surface area (Å²) in [4.78, 5) is 13.6. The van der Waals surface area contributed by atoms with Crippen molar-refractivity contribution in [1.82, 2.24) is 10.2 Å². The molecule has 0 saturated carbocycles. The molecule has 0 aliphatic carbocycles. The Labute approximate surface area is 153 Å². The van der Waals surface area contributed by atoms with Crippen molar-refractivity contribution >= 4 is 45.5 Å². The van der Waals surface area contributed by atoms with E-state index in [1.165, 1.54) is 21.8 Å². The highest BCUT2D eigenvalue weighted by molar-refractivity contribution is 8.00. The highest BCUT2D eigenvalue weighted by atomic mass is 32.2. The molecule has 0 spiro atoms. The summed E-state index contributed by atoms with van der Waals surface area (Å²) in [6, 6.07) is 11.8. The fourth-order valence-electron chi connectivity index (χ4n) is 2.03. The van der Waals surface area contributed by atoms with Crippen molar-refractivity contribution in [1.29, 1.82) is 0 Å². The number of anilines is 1. The molecule has 0 saturated heterocycles. The quantitative estimate of drug-likeness (QED) is 0.471. The molecule has 3 aromatic rings. The highest BCUT2D eigenvalue weighted by Gasteiger charge is 2.11. The van der Waals surface area contributed by atoms with E-state index in [0.29, 0.717) is 16.6 Å². The predicted molar refractivity (Wildman–Crippen MR) is 102 cm³/mol. The molecule has 1 aromatic carbocycles. The maximum absolute atomic E-state index is 12.3. The summed E-state index contributed by atoms with van der Waals surface area (Å²) in [5.74, 6) is 1.17. The van der Waals surface area contributed by atoms with Gasteiger partial charge in [0.2, 0.25) is 5.13 Å². The van der Waals surface area contributed by atoms with Gasteiger partial charge in [0.15, 0.2) is 4.34 Å². The van der Waals surface area contributed by atoms with Crippen molar-refractivity contribution in [2.24, 2.45) is 0 Å². The van der Waals surface area contributed by atoms with Gasteiger partial charge in [-0.1, -0.05) is 55.1 Å². The van der Waals surface area contributed by atoms with E-state index in [1.807, 2.05) is 30.3 Å². The lowest BCUT2D eigenvalue weighted by Gasteiger charge is -2.06. The van der Waals surface area contributed by atoms with Gasteiger partial charge >= 0.3 is 0 Å². The number of thioether (sulfide) groups is 1. The van der Waals surface area contributed by atoms with Crippen LogP contribution in [0.5, 0.6) is 0 Å². The highest BCUT2D eigenvalue weighted by Crippen LogP contribution is 2.29. The van der Waals surface area contributed by atoms with Crippen molar-refractivity contribution in [3.8, 4) is 0 Å². The number of hydrogen-bond acceptors (Lipinski definition) is 6. The van der Waals surface area contributed by atoms with Gasteiger partial charge in [-0.15, -0.1) is 21.5 Å². The monoisotopic (exact) mass is 375 g/mol. The third-order valence-electron chi connectivity index (χ3n) is 3.38. The summed E-state index contributed by atoms with van der Waals surface area (Å²) >= 11 is 4.76. The van der Waals surface area contributed by atoms with Crippen LogP contribution in [0.15, 0.2) is 46.1 Å². The molecule has 2 heterocycles. The van der Waals surface area contributed by atoms with Crippen molar-refractivity contribution in [2.75, 3.05) is 5.32 Å². The van der Waals surface area contributed by atoms with E-state index in [2.05, 4.69) is 40.8 Å². The Hall–Kier alpha value is -1.70. The number of carbonyl (C=O) groups is 1. The molecular formula is C17H17N3OS3. The Kier molecular flexibility index (Phi) is 5.65. The van der Waals surface area contributed by atoms with Crippen LogP contribution in [0.4, 0.5) is 5.13 Å².